The van der Waals surface area contributed by atoms with Crippen LogP contribution in [0.3, 0.4) is 0 Å². The Bertz CT molecular complexity index is 1210. The van der Waals surface area contributed by atoms with Gasteiger partial charge in [-0.1, -0.05) is 78.9 Å². The van der Waals surface area contributed by atoms with Gasteiger partial charge in [0.15, 0.2) is 0 Å². The minimum Gasteiger partial charge on any atom is -0.493 e. The first-order valence-electron chi connectivity index (χ1n) is 10.7. The Labute approximate surface area is 193 Å². The lowest BCUT2D eigenvalue weighted by Crippen LogP contribution is -2.41. The highest BCUT2D eigenvalue weighted by Crippen LogP contribution is 2.19. The van der Waals surface area contributed by atoms with E-state index in [0.29, 0.717) is 23.5 Å². The molecule has 4 aromatic carbocycles. The van der Waals surface area contributed by atoms with Gasteiger partial charge in [-0.2, -0.15) is 0 Å². The van der Waals surface area contributed by atoms with E-state index in [0.717, 1.165) is 17.5 Å². The van der Waals surface area contributed by atoms with E-state index in [4.69, 9.17) is 4.74 Å². The molecule has 4 aromatic rings. The number of hydrogen-bond acceptors (Lipinski definition) is 3. The van der Waals surface area contributed by atoms with Crippen LogP contribution in [0.25, 0.3) is 11.1 Å². The van der Waals surface area contributed by atoms with Crippen molar-refractivity contribution in [3.63, 3.8) is 0 Å². The zero-order valence-electron chi connectivity index (χ0n) is 18.0. The van der Waals surface area contributed by atoms with Crippen molar-refractivity contribution in [2.75, 3.05) is 6.61 Å². The first-order chi connectivity index (χ1) is 16.2. The lowest BCUT2D eigenvalue weighted by Gasteiger charge is -2.10. The minimum absolute atomic E-state index is 0.391. The van der Waals surface area contributed by atoms with Crippen molar-refractivity contribution in [2.24, 2.45) is 0 Å². The van der Waals surface area contributed by atoms with Gasteiger partial charge in [0.2, 0.25) is 0 Å². The summed E-state index contributed by atoms with van der Waals surface area (Å²) >= 11 is 0. The number of hydrazine groups is 1. The highest BCUT2D eigenvalue weighted by Gasteiger charge is 2.10. The fourth-order valence-electron chi connectivity index (χ4n) is 3.36. The van der Waals surface area contributed by atoms with Crippen molar-refractivity contribution in [3.05, 3.63) is 126 Å². The van der Waals surface area contributed by atoms with Gasteiger partial charge in [0, 0.05) is 17.5 Å². The zero-order valence-corrected chi connectivity index (χ0v) is 18.0. The molecule has 33 heavy (non-hydrogen) atoms. The topological polar surface area (TPSA) is 67.4 Å². The third-order valence-electron chi connectivity index (χ3n) is 5.14. The second-order valence-corrected chi connectivity index (χ2v) is 7.46. The molecule has 0 bridgehead atoms. The Morgan fingerprint density at radius 3 is 1.91 bits per heavy atom. The molecule has 5 nitrogen and oxygen atoms in total. The highest BCUT2D eigenvalue weighted by atomic mass is 16.5. The van der Waals surface area contributed by atoms with Crippen LogP contribution < -0.4 is 15.6 Å². The average Bonchev–Trinajstić information content (AvgIpc) is 2.88. The number of amides is 2. The lowest BCUT2D eigenvalue weighted by molar-refractivity contribution is 0.0846. The molecule has 0 aromatic heterocycles. The summed E-state index contributed by atoms with van der Waals surface area (Å²) in [6.07, 6.45) is 0.774. The minimum atomic E-state index is -0.419. The molecule has 164 valence electrons. The second kappa shape index (κ2) is 10.8. The first-order valence-corrected chi connectivity index (χ1v) is 10.7. The van der Waals surface area contributed by atoms with Crippen molar-refractivity contribution < 1.29 is 14.3 Å². The molecular formula is C28H24N2O3. The molecule has 0 aliphatic rings. The summed E-state index contributed by atoms with van der Waals surface area (Å²) in [4.78, 5) is 24.9. The lowest BCUT2D eigenvalue weighted by atomic mass is 10.0. The number of ether oxygens (including phenoxy) is 1. The molecule has 0 unspecified atom stereocenters. The van der Waals surface area contributed by atoms with Crippen LogP contribution in [0, 0.1) is 0 Å². The van der Waals surface area contributed by atoms with Gasteiger partial charge in [0.05, 0.1) is 6.61 Å². The summed E-state index contributed by atoms with van der Waals surface area (Å²) in [5.74, 6) is -0.211. The fraction of sp³-hybridized carbons (Fsp3) is 0.0714. The molecule has 0 radical (unpaired) electrons. The third kappa shape index (κ3) is 6.08. The van der Waals surface area contributed by atoms with Gasteiger partial charge in [-0.15, -0.1) is 0 Å². The quantitative estimate of drug-likeness (QED) is 0.399. The molecule has 0 spiro atoms. The number of carbonyl (C=O) groups excluding carboxylic acids is 2. The number of carbonyl (C=O) groups is 2. The molecule has 0 saturated carbocycles. The molecule has 2 N–H and O–H groups in total. The summed E-state index contributed by atoms with van der Waals surface area (Å²) in [5, 5.41) is 0. The largest absolute Gasteiger partial charge is 0.493 e. The SMILES string of the molecule is O=C(NNC(=O)c1cccc(OCCc2ccccc2)c1)c1ccc(-c2ccccc2)cc1. The molecule has 2 amide bonds. The van der Waals surface area contributed by atoms with Crippen LogP contribution in [0.5, 0.6) is 5.75 Å². The van der Waals surface area contributed by atoms with Crippen molar-refractivity contribution in [3.8, 4) is 16.9 Å². The standard InChI is InChI=1S/C28H24N2O3/c31-27(24-16-14-23(15-17-24)22-10-5-2-6-11-22)29-30-28(32)25-12-7-13-26(20-25)33-19-18-21-8-3-1-4-9-21/h1-17,20H,18-19H2,(H,29,31)(H,30,32). The van der Waals surface area contributed by atoms with Gasteiger partial charge in [0.1, 0.15) is 5.75 Å². The van der Waals surface area contributed by atoms with Gasteiger partial charge in [0.25, 0.3) is 11.8 Å². The molecular weight excluding hydrogens is 412 g/mol. The smallest absolute Gasteiger partial charge is 0.269 e. The fourth-order valence-corrected chi connectivity index (χ4v) is 3.36. The van der Waals surface area contributed by atoms with E-state index in [1.54, 1.807) is 36.4 Å². The number of hydrogen-bond donors (Lipinski definition) is 2. The number of benzene rings is 4. The summed E-state index contributed by atoms with van der Waals surface area (Å²) < 4.78 is 5.78. The highest BCUT2D eigenvalue weighted by molar-refractivity contribution is 5.99. The maximum absolute atomic E-state index is 12.5. The monoisotopic (exact) mass is 436 g/mol. The van der Waals surface area contributed by atoms with E-state index in [2.05, 4.69) is 10.9 Å². The van der Waals surface area contributed by atoms with E-state index in [1.807, 2.05) is 72.8 Å². The Morgan fingerprint density at radius 1 is 0.606 bits per heavy atom. The van der Waals surface area contributed by atoms with E-state index < -0.39 is 11.8 Å². The van der Waals surface area contributed by atoms with Crippen LogP contribution in [0.4, 0.5) is 0 Å². The Morgan fingerprint density at radius 2 is 1.21 bits per heavy atom. The van der Waals surface area contributed by atoms with E-state index in [1.165, 1.54) is 5.56 Å². The molecule has 0 aliphatic heterocycles. The second-order valence-electron chi connectivity index (χ2n) is 7.46. The molecule has 0 aliphatic carbocycles. The predicted molar refractivity (Wildman–Crippen MR) is 129 cm³/mol. The van der Waals surface area contributed by atoms with E-state index in [-0.39, 0.29) is 0 Å². The van der Waals surface area contributed by atoms with Crippen molar-refractivity contribution in [1.29, 1.82) is 0 Å². The Balaban J connectivity index is 1.29. The normalized spacial score (nSPS) is 10.3. The van der Waals surface area contributed by atoms with Crippen molar-refractivity contribution in [1.82, 2.24) is 10.9 Å². The molecule has 4 rings (SSSR count). The summed E-state index contributed by atoms with van der Waals surface area (Å²) in [5.41, 5.74) is 9.04. The Kier molecular flexibility index (Phi) is 7.13. The van der Waals surface area contributed by atoms with Crippen LogP contribution in [-0.4, -0.2) is 18.4 Å². The van der Waals surface area contributed by atoms with Gasteiger partial charge in [-0.25, -0.2) is 0 Å². The van der Waals surface area contributed by atoms with E-state index in [9.17, 15) is 9.59 Å². The summed E-state index contributed by atoms with van der Waals surface area (Å²) in [6, 6.07) is 34.0. The first kappa shape index (κ1) is 21.8. The average molecular weight is 437 g/mol. The van der Waals surface area contributed by atoms with Crippen LogP contribution >= 0.6 is 0 Å². The van der Waals surface area contributed by atoms with Crippen LogP contribution in [0.1, 0.15) is 26.3 Å². The number of rotatable bonds is 7. The maximum atomic E-state index is 12.5. The number of nitrogens with one attached hydrogen (secondary N) is 2. The third-order valence-corrected chi connectivity index (χ3v) is 5.14. The van der Waals surface area contributed by atoms with Gasteiger partial charge in [-0.05, 0) is 47.0 Å². The maximum Gasteiger partial charge on any atom is 0.269 e. The van der Waals surface area contributed by atoms with Crippen molar-refractivity contribution >= 4 is 11.8 Å². The van der Waals surface area contributed by atoms with Gasteiger partial charge >= 0.3 is 0 Å². The van der Waals surface area contributed by atoms with Gasteiger partial charge in [-0.3, -0.25) is 20.4 Å². The zero-order chi connectivity index (χ0) is 22.9. The predicted octanol–water partition coefficient (Wildman–Crippen LogP) is 5.05. The molecule has 0 fully saturated rings. The summed E-state index contributed by atoms with van der Waals surface area (Å²) in [7, 11) is 0. The molecule has 0 atom stereocenters. The van der Waals surface area contributed by atoms with Crippen molar-refractivity contribution in [2.45, 2.75) is 6.42 Å². The van der Waals surface area contributed by atoms with Gasteiger partial charge < -0.3 is 4.74 Å². The molecule has 0 heterocycles. The summed E-state index contributed by atoms with van der Waals surface area (Å²) in [6.45, 7) is 0.505. The molecule has 5 heteroatoms. The Hall–Kier alpha value is -4.38. The van der Waals surface area contributed by atoms with Crippen LogP contribution in [0.2, 0.25) is 0 Å². The van der Waals surface area contributed by atoms with Crippen LogP contribution in [0.15, 0.2) is 109 Å². The van der Waals surface area contributed by atoms with E-state index >= 15 is 0 Å². The molecule has 0 saturated heterocycles. The van der Waals surface area contributed by atoms with Crippen LogP contribution in [-0.2, 0) is 6.42 Å².